The zero-order valence-corrected chi connectivity index (χ0v) is 11.9. The average molecular weight is 292 g/mol. The van der Waals surface area contributed by atoms with Gasteiger partial charge in [0.05, 0.1) is 10.2 Å². The molecule has 1 heterocycles. The molecule has 0 saturated heterocycles. The number of hydrogen-bond acceptors (Lipinski definition) is 3. The number of hydrogen-bond donors (Lipinski definition) is 0. The summed E-state index contributed by atoms with van der Waals surface area (Å²) in [5.41, 5.74) is 2.31. The third-order valence-electron chi connectivity index (χ3n) is 2.54. The van der Waals surface area contributed by atoms with E-state index in [0.717, 1.165) is 20.6 Å². The van der Waals surface area contributed by atoms with Gasteiger partial charge in [-0.05, 0) is 23.8 Å². The molecule has 90 valence electrons. The highest BCUT2D eigenvalue weighted by atomic mass is 35.5. The van der Waals surface area contributed by atoms with Gasteiger partial charge >= 0.3 is 0 Å². The minimum atomic E-state index is 0.743. The number of aromatic nitrogens is 1. The van der Waals surface area contributed by atoms with Crippen molar-refractivity contribution in [3.8, 4) is 0 Å². The summed E-state index contributed by atoms with van der Waals surface area (Å²) >= 11 is 9.45. The number of benzene rings is 2. The van der Waals surface area contributed by atoms with Crippen molar-refractivity contribution in [1.82, 2.24) is 4.98 Å². The maximum atomic E-state index is 5.96. The molecule has 0 bridgehead atoms. The van der Waals surface area contributed by atoms with E-state index >= 15 is 0 Å². The van der Waals surface area contributed by atoms with Gasteiger partial charge in [0.15, 0.2) is 4.34 Å². The number of halogens is 1. The Kier molecular flexibility index (Phi) is 3.55. The van der Waals surface area contributed by atoms with Crippen molar-refractivity contribution < 1.29 is 0 Å². The SMILES string of the molecule is Clc1ccc2sc(SCc3ccccc3)nc2c1. The molecule has 0 amide bonds. The number of thiazole rings is 1. The summed E-state index contributed by atoms with van der Waals surface area (Å²) in [5, 5.41) is 0.743. The van der Waals surface area contributed by atoms with Gasteiger partial charge in [0.1, 0.15) is 0 Å². The molecule has 0 aliphatic carbocycles. The number of nitrogens with zero attached hydrogens (tertiary/aromatic N) is 1. The second kappa shape index (κ2) is 5.31. The van der Waals surface area contributed by atoms with Gasteiger partial charge in [-0.15, -0.1) is 11.3 Å². The van der Waals surface area contributed by atoms with Crippen LogP contribution in [0.25, 0.3) is 10.2 Å². The largest absolute Gasteiger partial charge is 0.230 e. The molecule has 1 nitrogen and oxygen atoms in total. The minimum Gasteiger partial charge on any atom is -0.230 e. The lowest BCUT2D eigenvalue weighted by molar-refractivity contribution is 1.29. The van der Waals surface area contributed by atoms with Crippen molar-refractivity contribution in [2.45, 2.75) is 10.1 Å². The van der Waals surface area contributed by atoms with Crippen molar-refractivity contribution in [3.63, 3.8) is 0 Å². The van der Waals surface area contributed by atoms with Crippen LogP contribution in [0.2, 0.25) is 5.02 Å². The van der Waals surface area contributed by atoms with Crippen LogP contribution in [-0.2, 0) is 5.75 Å². The molecular formula is C14H10ClNS2. The molecule has 4 heteroatoms. The topological polar surface area (TPSA) is 12.9 Å². The third-order valence-corrected chi connectivity index (χ3v) is 5.02. The summed E-state index contributed by atoms with van der Waals surface area (Å²) in [6.45, 7) is 0. The zero-order chi connectivity index (χ0) is 12.4. The first-order valence-electron chi connectivity index (χ1n) is 5.54. The van der Waals surface area contributed by atoms with Gasteiger partial charge in [-0.2, -0.15) is 0 Å². The normalized spacial score (nSPS) is 10.9. The highest BCUT2D eigenvalue weighted by Crippen LogP contribution is 2.32. The molecule has 0 saturated carbocycles. The minimum absolute atomic E-state index is 0.743. The van der Waals surface area contributed by atoms with Crippen LogP contribution in [0.4, 0.5) is 0 Å². The molecular weight excluding hydrogens is 282 g/mol. The lowest BCUT2D eigenvalue weighted by Crippen LogP contribution is -1.78. The highest BCUT2D eigenvalue weighted by Gasteiger charge is 2.05. The van der Waals surface area contributed by atoms with E-state index < -0.39 is 0 Å². The lowest BCUT2D eigenvalue weighted by Gasteiger charge is -1.97. The molecule has 0 unspecified atom stereocenters. The highest BCUT2D eigenvalue weighted by molar-refractivity contribution is 8.00. The van der Waals surface area contributed by atoms with Gasteiger partial charge < -0.3 is 0 Å². The van der Waals surface area contributed by atoms with Crippen molar-refractivity contribution in [1.29, 1.82) is 0 Å². The van der Waals surface area contributed by atoms with Gasteiger partial charge in [-0.1, -0.05) is 53.7 Å². The number of thioether (sulfide) groups is 1. The molecule has 0 aliphatic rings. The van der Waals surface area contributed by atoms with Gasteiger partial charge in [0.25, 0.3) is 0 Å². The van der Waals surface area contributed by atoms with Crippen LogP contribution < -0.4 is 0 Å². The molecule has 0 fully saturated rings. The van der Waals surface area contributed by atoms with E-state index in [-0.39, 0.29) is 0 Å². The fourth-order valence-corrected chi connectivity index (χ4v) is 3.83. The first kappa shape index (κ1) is 12.0. The molecule has 0 aliphatic heterocycles. The third kappa shape index (κ3) is 2.69. The summed E-state index contributed by atoms with van der Waals surface area (Å²) in [6, 6.07) is 16.3. The van der Waals surface area contributed by atoms with E-state index in [2.05, 4.69) is 29.2 Å². The van der Waals surface area contributed by atoms with E-state index in [1.165, 1.54) is 10.3 Å². The maximum absolute atomic E-state index is 5.96. The Morgan fingerprint density at radius 3 is 2.78 bits per heavy atom. The van der Waals surface area contributed by atoms with Crippen molar-refractivity contribution in [2.24, 2.45) is 0 Å². The molecule has 3 rings (SSSR count). The van der Waals surface area contributed by atoms with Gasteiger partial charge in [0.2, 0.25) is 0 Å². The summed E-state index contributed by atoms with van der Waals surface area (Å²) in [5.74, 6) is 0.953. The summed E-state index contributed by atoms with van der Waals surface area (Å²) < 4.78 is 2.28. The second-order valence-electron chi connectivity index (χ2n) is 3.87. The second-order valence-corrected chi connectivity index (χ2v) is 6.56. The molecule has 3 aromatic rings. The fourth-order valence-electron chi connectivity index (χ4n) is 1.66. The Hall–Kier alpha value is -1.03. The predicted octanol–water partition coefficient (Wildman–Crippen LogP) is 5.24. The van der Waals surface area contributed by atoms with Crippen LogP contribution in [0.1, 0.15) is 5.56 Å². The van der Waals surface area contributed by atoms with Crippen LogP contribution in [0, 0.1) is 0 Å². The molecule has 0 radical (unpaired) electrons. The van der Waals surface area contributed by atoms with Crippen molar-refractivity contribution in [3.05, 3.63) is 59.1 Å². The number of rotatable bonds is 3. The van der Waals surface area contributed by atoms with Crippen LogP contribution in [0.5, 0.6) is 0 Å². The Bertz CT molecular complexity index is 664. The van der Waals surface area contributed by atoms with Gasteiger partial charge in [-0.25, -0.2) is 4.98 Å². The van der Waals surface area contributed by atoms with E-state index in [9.17, 15) is 0 Å². The van der Waals surface area contributed by atoms with Gasteiger partial charge in [-0.3, -0.25) is 0 Å². The molecule has 18 heavy (non-hydrogen) atoms. The van der Waals surface area contributed by atoms with Crippen LogP contribution in [0.3, 0.4) is 0 Å². The Morgan fingerprint density at radius 2 is 1.94 bits per heavy atom. The number of fused-ring (bicyclic) bond motifs is 1. The Labute approximate surface area is 119 Å². The smallest absolute Gasteiger partial charge is 0.151 e. The first-order chi connectivity index (χ1) is 8.81. The zero-order valence-electron chi connectivity index (χ0n) is 9.47. The Balaban J connectivity index is 1.79. The van der Waals surface area contributed by atoms with E-state index in [1.54, 1.807) is 23.1 Å². The molecule has 0 N–H and O–H groups in total. The van der Waals surface area contributed by atoms with E-state index in [0.29, 0.717) is 0 Å². The summed E-state index contributed by atoms with van der Waals surface area (Å²) in [7, 11) is 0. The van der Waals surface area contributed by atoms with Crippen LogP contribution in [-0.4, -0.2) is 4.98 Å². The quantitative estimate of drug-likeness (QED) is 0.612. The lowest BCUT2D eigenvalue weighted by atomic mass is 10.2. The molecule has 1 aromatic heterocycles. The first-order valence-corrected chi connectivity index (χ1v) is 7.72. The van der Waals surface area contributed by atoms with E-state index in [4.69, 9.17) is 11.6 Å². The Morgan fingerprint density at radius 1 is 1.11 bits per heavy atom. The molecule has 0 atom stereocenters. The maximum Gasteiger partial charge on any atom is 0.151 e. The van der Waals surface area contributed by atoms with Crippen molar-refractivity contribution >= 4 is 44.9 Å². The standard InChI is InChI=1S/C14H10ClNS2/c15-11-6-7-13-12(8-11)16-14(18-13)17-9-10-4-2-1-3-5-10/h1-8H,9H2. The monoisotopic (exact) mass is 291 g/mol. The fraction of sp³-hybridized carbons (Fsp3) is 0.0714. The summed E-state index contributed by atoms with van der Waals surface area (Å²) in [4.78, 5) is 4.59. The molecule has 0 spiro atoms. The summed E-state index contributed by atoms with van der Waals surface area (Å²) in [6.07, 6.45) is 0. The van der Waals surface area contributed by atoms with Crippen molar-refractivity contribution in [2.75, 3.05) is 0 Å². The van der Waals surface area contributed by atoms with Crippen LogP contribution in [0.15, 0.2) is 52.9 Å². The van der Waals surface area contributed by atoms with Gasteiger partial charge in [0, 0.05) is 10.8 Å². The molecule has 2 aromatic carbocycles. The predicted molar refractivity (Wildman–Crippen MR) is 80.6 cm³/mol. The van der Waals surface area contributed by atoms with Crippen LogP contribution >= 0.6 is 34.7 Å². The van der Waals surface area contributed by atoms with E-state index in [1.807, 2.05) is 24.3 Å². The average Bonchev–Trinajstić information content (AvgIpc) is 2.79.